The van der Waals surface area contributed by atoms with Gasteiger partial charge in [-0.15, -0.1) is 0 Å². The lowest BCUT2D eigenvalue weighted by atomic mass is 9.77. The number of carbonyl (C=O) groups excluding carboxylic acids is 2. The first-order valence-corrected chi connectivity index (χ1v) is 13.2. The molecule has 3 unspecified atom stereocenters. The summed E-state index contributed by atoms with van der Waals surface area (Å²) >= 11 is 6.91. The first-order chi connectivity index (χ1) is 18.1. The summed E-state index contributed by atoms with van der Waals surface area (Å²) < 4.78 is 6.20. The predicted molar refractivity (Wildman–Crippen MR) is 147 cm³/mol. The van der Waals surface area contributed by atoms with Crippen molar-refractivity contribution in [2.45, 2.75) is 30.5 Å². The van der Waals surface area contributed by atoms with Gasteiger partial charge in [-0.3, -0.25) is 14.6 Å². The van der Waals surface area contributed by atoms with E-state index in [2.05, 4.69) is 57.6 Å². The molecular weight excluding hydrogens is 626 g/mol. The Hall–Kier alpha value is -3.62. The molecule has 5 rings (SSSR count). The van der Waals surface area contributed by atoms with Gasteiger partial charge in [-0.25, -0.2) is 9.95 Å². The smallest absolute Gasteiger partial charge is 0.365 e. The Morgan fingerprint density at radius 2 is 1.84 bits per heavy atom. The highest BCUT2D eigenvalue weighted by Crippen LogP contribution is 2.44. The molecule has 198 valence electrons. The summed E-state index contributed by atoms with van der Waals surface area (Å²) in [7, 11) is 0. The van der Waals surface area contributed by atoms with Gasteiger partial charge in [-0.2, -0.15) is 0 Å². The van der Waals surface area contributed by atoms with Crippen LogP contribution in [0.15, 0.2) is 59.8 Å². The number of hydrogen-bond acceptors (Lipinski definition) is 6. The van der Waals surface area contributed by atoms with Gasteiger partial charge in [-0.1, -0.05) is 37.9 Å². The van der Waals surface area contributed by atoms with Crippen LogP contribution in [0.1, 0.15) is 24.0 Å². The topological polar surface area (TPSA) is 205 Å². The minimum Gasteiger partial charge on any atom is -0.377 e. The van der Waals surface area contributed by atoms with E-state index in [1.54, 1.807) is 24.4 Å². The van der Waals surface area contributed by atoms with Crippen LogP contribution in [0.25, 0.3) is 21.8 Å². The van der Waals surface area contributed by atoms with E-state index in [9.17, 15) is 19.5 Å². The van der Waals surface area contributed by atoms with Gasteiger partial charge < -0.3 is 36.7 Å². The number of nitrogens with two attached hydrogens (primary N) is 2. The normalized spacial score (nSPS) is 19.2. The van der Waals surface area contributed by atoms with E-state index in [1.165, 1.54) is 6.07 Å². The molecule has 1 saturated heterocycles. The maximum Gasteiger partial charge on any atom is 0.365 e. The molecule has 3 atom stereocenters. The number of guanidine groups is 1. The molecule has 0 bridgehead atoms. The van der Waals surface area contributed by atoms with Crippen LogP contribution in [0.5, 0.6) is 0 Å². The van der Waals surface area contributed by atoms with Gasteiger partial charge in [0.05, 0.1) is 10.9 Å². The fourth-order valence-electron chi connectivity index (χ4n) is 4.86. The van der Waals surface area contributed by atoms with Gasteiger partial charge in [0.15, 0.2) is 5.96 Å². The fraction of sp³-hybridized carbons (Fsp3) is 0.250. The molecule has 0 aliphatic carbocycles. The van der Waals surface area contributed by atoms with Gasteiger partial charge >= 0.3 is 5.63 Å². The molecule has 1 fully saturated rings. The number of halogens is 2. The molecule has 38 heavy (non-hydrogen) atoms. The zero-order chi connectivity index (χ0) is 27.2. The Morgan fingerprint density at radius 3 is 2.61 bits per heavy atom. The highest BCUT2D eigenvalue weighted by Gasteiger charge is 2.52. The third kappa shape index (κ3) is 4.37. The first-order valence-electron chi connectivity index (χ1n) is 11.6. The number of rotatable bonds is 7. The average molecular weight is 649 g/mol. The Bertz CT molecular complexity index is 1650. The predicted octanol–water partition coefficient (Wildman–Crippen LogP) is 1.40. The molecule has 2 amide bonds. The Kier molecular flexibility index (Phi) is 6.79. The number of nitrogens with zero attached hydrogens (tertiary/aromatic N) is 1. The van der Waals surface area contributed by atoms with Crippen LogP contribution in [0.2, 0.25) is 0 Å². The number of aromatic nitrogens is 2. The molecule has 0 saturated carbocycles. The van der Waals surface area contributed by atoms with E-state index >= 15 is 0 Å². The first kappa shape index (κ1) is 26.0. The van der Waals surface area contributed by atoms with Crippen LogP contribution in [-0.4, -0.2) is 51.6 Å². The summed E-state index contributed by atoms with van der Waals surface area (Å²) in [5, 5.41) is 21.4. The van der Waals surface area contributed by atoms with Gasteiger partial charge in [0.25, 0.3) is 0 Å². The highest BCUT2D eigenvalue weighted by atomic mass is 79.9. The second-order valence-corrected chi connectivity index (χ2v) is 10.7. The van der Waals surface area contributed by atoms with Crippen LogP contribution >= 0.6 is 31.9 Å². The maximum absolute atomic E-state index is 13.6. The van der Waals surface area contributed by atoms with Crippen molar-refractivity contribution < 1.29 is 19.2 Å². The lowest BCUT2D eigenvalue weighted by Crippen LogP contribution is -2.68. The summed E-state index contributed by atoms with van der Waals surface area (Å²) in [4.78, 5) is 46.1. The SMILES string of the molecule is NC(N)=NCCCC1NC(=O)C(C(O)(c2c[nH]c3cc(Br)ccc23)c2c(Br)ccc3c(=O)o[nH]c23)NC1=O. The highest BCUT2D eigenvalue weighted by molar-refractivity contribution is 9.10. The lowest BCUT2D eigenvalue weighted by molar-refractivity contribution is -0.143. The molecular formula is C24H23Br2N7O5. The average Bonchev–Trinajstić information content (AvgIpc) is 3.46. The molecule has 2 aromatic carbocycles. The van der Waals surface area contributed by atoms with Crippen molar-refractivity contribution in [1.29, 1.82) is 0 Å². The number of hydrogen-bond donors (Lipinski definition) is 7. The van der Waals surface area contributed by atoms with Crippen LogP contribution in [-0.2, 0) is 15.2 Å². The van der Waals surface area contributed by atoms with Crippen molar-refractivity contribution in [2.24, 2.45) is 16.5 Å². The quantitative estimate of drug-likeness (QED) is 0.0890. The molecule has 0 radical (unpaired) electrons. The van der Waals surface area contributed by atoms with Crippen molar-refractivity contribution in [1.82, 2.24) is 20.8 Å². The fourth-order valence-corrected chi connectivity index (χ4v) is 5.85. The van der Waals surface area contributed by atoms with Crippen LogP contribution in [0.4, 0.5) is 0 Å². The molecule has 9 N–H and O–H groups in total. The summed E-state index contributed by atoms with van der Waals surface area (Å²) in [6.07, 6.45) is 2.31. The van der Waals surface area contributed by atoms with Crippen molar-refractivity contribution >= 4 is 71.4 Å². The van der Waals surface area contributed by atoms with Crippen molar-refractivity contribution in [3.05, 3.63) is 67.0 Å². The number of carbonyl (C=O) groups is 2. The van der Waals surface area contributed by atoms with E-state index < -0.39 is 35.1 Å². The third-order valence-corrected chi connectivity index (χ3v) is 7.75. The Morgan fingerprint density at radius 1 is 1.08 bits per heavy atom. The number of fused-ring (bicyclic) bond motifs is 2. The number of benzene rings is 2. The number of aliphatic hydroxyl groups is 1. The van der Waals surface area contributed by atoms with Crippen molar-refractivity contribution in [3.8, 4) is 0 Å². The minimum absolute atomic E-state index is 0.0601. The zero-order valence-corrected chi connectivity index (χ0v) is 22.9. The second kappa shape index (κ2) is 9.93. The van der Waals surface area contributed by atoms with E-state index in [-0.39, 0.29) is 28.8 Å². The molecule has 3 heterocycles. The summed E-state index contributed by atoms with van der Waals surface area (Å²) in [6, 6.07) is 6.19. The van der Waals surface area contributed by atoms with Gasteiger partial charge in [0.2, 0.25) is 11.8 Å². The summed E-state index contributed by atoms with van der Waals surface area (Å²) in [5.74, 6) is -1.15. The standard InChI is InChI=1S/C24H23Br2N7O5/c25-10-3-4-11-13(9-30-16(11)8-10)24(37,17-14(26)6-5-12-18(17)33-38-22(12)36)19-21(35)31-15(20(34)32-19)2-1-7-29-23(27)28/h3-6,8-9,15,19,30,33,37H,1-2,7H2,(H,31,35)(H,32,34)(H4,27,28,29). The molecule has 14 heteroatoms. The molecule has 4 aromatic rings. The maximum atomic E-state index is 13.6. The van der Waals surface area contributed by atoms with Gasteiger partial charge in [0.1, 0.15) is 17.7 Å². The number of piperazine rings is 1. The summed E-state index contributed by atoms with van der Waals surface area (Å²) in [6.45, 7) is 0.295. The molecule has 1 aliphatic heterocycles. The summed E-state index contributed by atoms with van der Waals surface area (Å²) in [5.41, 5.74) is 9.21. The number of aromatic amines is 2. The zero-order valence-electron chi connectivity index (χ0n) is 19.7. The molecule has 12 nitrogen and oxygen atoms in total. The molecule has 0 spiro atoms. The van der Waals surface area contributed by atoms with Crippen LogP contribution in [0, 0.1) is 0 Å². The van der Waals surface area contributed by atoms with E-state index in [1.807, 2.05) is 6.07 Å². The van der Waals surface area contributed by atoms with Crippen LogP contribution < -0.4 is 27.7 Å². The van der Waals surface area contributed by atoms with E-state index in [0.29, 0.717) is 33.9 Å². The second-order valence-electron chi connectivity index (χ2n) is 8.95. The van der Waals surface area contributed by atoms with Crippen molar-refractivity contribution in [2.75, 3.05) is 6.54 Å². The Labute approximate surface area is 231 Å². The van der Waals surface area contributed by atoms with Crippen LogP contribution in [0.3, 0.4) is 0 Å². The lowest BCUT2D eigenvalue weighted by Gasteiger charge is -2.40. The number of amides is 2. The van der Waals surface area contributed by atoms with Crippen molar-refractivity contribution in [3.63, 3.8) is 0 Å². The number of aliphatic imine (C=N–C) groups is 1. The largest absolute Gasteiger partial charge is 0.377 e. The Balaban J connectivity index is 1.63. The molecule has 2 aromatic heterocycles. The van der Waals surface area contributed by atoms with Gasteiger partial charge in [0, 0.05) is 43.7 Å². The minimum atomic E-state index is -2.15. The number of H-pyrrole nitrogens is 2. The third-order valence-electron chi connectivity index (χ3n) is 6.60. The monoisotopic (exact) mass is 647 g/mol. The number of nitrogens with one attached hydrogen (secondary N) is 4. The van der Waals surface area contributed by atoms with E-state index in [4.69, 9.17) is 16.0 Å². The molecule has 1 aliphatic rings. The van der Waals surface area contributed by atoms with Gasteiger partial charge in [-0.05, 0) is 37.1 Å². The van der Waals surface area contributed by atoms with E-state index in [0.717, 1.165) is 4.47 Å².